The first kappa shape index (κ1) is 15.7. The number of halogens is 2. The molecule has 0 radical (unpaired) electrons. The van der Waals surface area contributed by atoms with Crippen LogP contribution in [0.2, 0.25) is 5.02 Å². The van der Waals surface area contributed by atoms with Crippen molar-refractivity contribution in [2.75, 3.05) is 0 Å². The van der Waals surface area contributed by atoms with Gasteiger partial charge in [0.1, 0.15) is 5.82 Å². The quantitative estimate of drug-likeness (QED) is 0.712. The highest BCUT2D eigenvalue weighted by Gasteiger charge is 2.21. The largest absolute Gasteiger partial charge is 0.294 e. The molecule has 2 aromatic carbocycles. The van der Waals surface area contributed by atoms with Gasteiger partial charge < -0.3 is 0 Å². The van der Waals surface area contributed by atoms with E-state index in [1.165, 1.54) is 6.07 Å². The van der Waals surface area contributed by atoms with Gasteiger partial charge >= 0.3 is 0 Å². The number of ketones is 1. The molecular formula is C18H18ClFO. The Hall–Kier alpha value is -1.67. The van der Waals surface area contributed by atoms with Crippen LogP contribution in [0.3, 0.4) is 0 Å². The summed E-state index contributed by atoms with van der Waals surface area (Å²) in [5, 5.41) is 0.0269. The van der Waals surface area contributed by atoms with Gasteiger partial charge in [0.15, 0.2) is 5.78 Å². The fourth-order valence-electron chi connectivity index (χ4n) is 2.33. The number of rotatable bonds is 3. The third kappa shape index (κ3) is 3.51. The minimum absolute atomic E-state index is 0.0269. The van der Waals surface area contributed by atoms with Gasteiger partial charge in [-0.2, -0.15) is 0 Å². The number of Topliss-reactive ketones (excluding diaryl/α,β-unsaturated/α-hetero) is 1. The normalized spacial score (nSPS) is 11.5. The molecule has 0 aromatic heterocycles. The molecule has 2 aromatic rings. The number of carbonyl (C=O) groups is 1. The molecule has 3 heteroatoms. The molecule has 0 saturated carbocycles. The Morgan fingerprint density at radius 2 is 1.76 bits per heavy atom. The second kappa shape index (κ2) is 5.98. The van der Waals surface area contributed by atoms with Crippen molar-refractivity contribution in [2.45, 2.75) is 32.6 Å². The van der Waals surface area contributed by atoms with E-state index in [9.17, 15) is 9.18 Å². The Labute approximate surface area is 129 Å². The molecular weight excluding hydrogens is 287 g/mol. The maximum Gasteiger partial charge on any atom is 0.167 e. The second-order valence-electron chi connectivity index (χ2n) is 6.11. The van der Waals surface area contributed by atoms with Crippen molar-refractivity contribution in [1.82, 2.24) is 0 Å². The Balaban J connectivity index is 2.36. The van der Waals surface area contributed by atoms with Gasteiger partial charge in [-0.25, -0.2) is 4.39 Å². The molecule has 0 aliphatic carbocycles. The van der Waals surface area contributed by atoms with E-state index < -0.39 is 5.82 Å². The average molecular weight is 305 g/mol. The van der Waals surface area contributed by atoms with Crippen LogP contribution < -0.4 is 0 Å². The molecule has 0 atom stereocenters. The Bertz CT molecular complexity index is 671. The molecule has 0 heterocycles. The van der Waals surface area contributed by atoms with E-state index in [0.717, 1.165) is 5.56 Å². The first-order valence-electron chi connectivity index (χ1n) is 6.86. The molecule has 2 rings (SSSR count). The Kier molecular flexibility index (Phi) is 4.48. The van der Waals surface area contributed by atoms with E-state index in [1.54, 1.807) is 12.1 Å². The van der Waals surface area contributed by atoms with Crippen molar-refractivity contribution in [3.05, 3.63) is 70.0 Å². The maximum absolute atomic E-state index is 13.5. The van der Waals surface area contributed by atoms with Crippen LogP contribution in [0, 0.1) is 5.82 Å². The van der Waals surface area contributed by atoms with Crippen molar-refractivity contribution < 1.29 is 9.18 Å². The summed E-state index contributed by atoms with van der Waals surface area (Å²) >= 11 is 5.93. The van der Waals surface area contributed by atoms with Crippen LogP contribution in [-0.4, -0.2) is 5.78 Å². The average Bonchev–Trinajstić information content (AvgIpc) is 2.43. The molecule has 0 N–H and O–H groups in total. The van der Waals surface area contributed by atoms with E-state index in [1.807, 2.05) is 24.3 Å². The highest BCUT2D eigenvalue weighted by atomic mass is 35.5. The Morgan fingerprint density at radius 1 is 1.10 bits per heavy atom. The standard InChI is InChI=1S/C18H18ClFO/c1-18(2,3)14-9-5-4-8-13(14)16(21)11-12-7-6-10-15(20)17(12)19/h4-10H,11H2,1-3H3. The van der Waals surface area contributed by atoms with Gasteiger partial charge in [-0.3, -0.25) is 4.79 Å². The lowest BCUT2D eigenvalue weighted by Crippen LogP contribution is -2.18. The van der Waals surface area contributed by atoms with Gasteiger partial charge in [-0.15, -0.1) is 0 Å². The lowest BCUT2D eigenvalue weighted by atomic mass is 9.82. The molecule has 1 nitrogen and oxygen atoms in total. The summed E-state index contributed by atoms with van der Waals surface area (Å²) in [5.41, 5.74) is 2.05. The molecule has 0 amide bonds. The summed E-state index contributed by atoms with van der Waals surface area (Å²) < 4.78 is 13.5. The van der Waals surface area contributed by atoms with Crippen LogP contribution >= 0.6 is 11.6 Å². The third-order valence-electron chi connectivity index (χ3n) is 3.42. The number of carbonyl (C=O) groups excluding carboxylic acids is 1. The zero-order chi connectivity index (χ0) is 15.6. The lowest BCUT2D eigenvalue weighted by molar-refractivity contribution is 0.0991. The van der Waals surface area contributed by atoms with Crippen LogP contribution in [0.25, 0.3) is 0 Å². The molecule has 0 fully saturated rings. The lowest BCUT2D eigenvalue weighted by Gasteiger charge is -2.22. The molecule has 0 unspecified atom stereocenters. The van der Waals surface area contributed by atoms with Crippen LogP contribution in [-0.2, 0) is 11.8 Å². The summed E-state index contributed by atoms with van der Waals surface area (Å²) in [6.07, 6.45) is 0.101. The molecule has 21 heavy (non-hydrogen) atoms. The van der Waals surface area contributed by atoms with Gasteiger partial charge in [0.25, 0.3) is 0 Å². The number of benzene rings is 2. The first-order chi connectivity index (χ1) is 9.80. The monoisotopic (exact) mass is 304 g/mol. The van der Waals surface area contributed by atoms with E-state index >= 15 is 0 Å². The SMILES string of the molecule is CC(C)(C)c1ccccc1C(=O)Cc1cccc(F)c1Cl. The van der Waals surface area contributed by atoms with Crippen molar-refractivity contribution in [2.24, 2.45) is 0 Å². The highest BCUT2D eigenvalue weighted by Crippen LogP contribution is 2.28. The second-order valence-corrected chi connectivity index (χ2v) is 6.49. The van der Waals surface area contributed by atoms with Gasteiger partial charge in [-0.1, -0.05) is 68.8 Å². The molecule has 0 aliphatic heterocycles. The van der Waals surface area contributed by atoms with Crippen LogP contribution in [0.5, 0.6) is 0 Å². The van der Waals surface area contributed by atoms with E-state index in [4.69, 9.17) is 11.6 Å². The summed E-state index contributed by atoms with van der Waals surface area (Å²) in [4.78, 5) is 12.6. The molecule has 0 bridgehead atoms. The zero-order valence-corrected chi connectivity index (χ0v) is 13.2. The van der Waals surface area contributed by atoms with Crippen molar-refractivity contribution >= 4 is 17.4 Å². The van der Waals surface area contributed by atoms with Crippen molar-refractivity contribution in [3.63, 3.8) is 0 Å². The third-order valence-corrected chi connectivity index (χ3v) is 3.84. The fraction of sp³-hybridized carbons (Fsp3) is 0.278. The first-order valence-corrected chi connectivity index (χ1v) is 7.24. The fourth-order valence-corrected chi connectivity index (χ4v) is 2.53. The van der Waals surface area contributed by atoms with E-state index in [0.29, 0.717) is 11.1 Å². The van der Waals surface area contributed by atoms with Gasteiger partial charge in [0.2, 0.25) is 0 Å². The minimum Gasteiger partial charge on any atom is -0.294 e. The van der Waals surface area contributed by atoms with Gasteiger partial charge in [0, 0.05) is 12.0 Å². The highest BCUT2D eigenvalue weighted by molar-refractivity contribution is 6.31. The van der Waals surface area contributed by atoms with Crippen molar-refractivity contribution in [1.29, 1.82) is 0 Å². The van der Waals surface area contributed by atoms with Crippen LogP contribution in [0.15, 0.2) is 42.5 Å². The topological polar surface area (TPSA) is 17.1 Å². The predicted octanol–water partition coefficient (Wildman–Crippen LogP) is 5.20. The van der Waals surface area contributed by atoms with E-state index in [-0.39, 0.29) is 22.6 Å². The summed E-state index contributed by atoms with van der Waals surface area (Å²) in [5.74, 6) is -0.543. The van der Waals surface area contributed by atoms with E-state index in [2.05, 4.69) is 20.8 Å². The zero-order valence-electron chi connectivity index (χ0n) is 12.4. The summed E-state index contributed by atoms with van der Waals surface area (Å²) in [7, 11) is 0. The smallest absolute Gasteiger partial charge is 0.167 e. The van der Waals surface area contributed by atoms with Gasteiger partial charge in [0.05, 0.1) is 5.02 Å². The van der Waals surface area contributed by atoms with Crippen LogP contribution in [0.4, 0.5) is 4.39 Å². The van der Waals surface area contributed by atoms with Crippen molar-refractivity contribution in [3.8, 4) is 0 Å². The molecule has 0 spiro atoms. The summed E-state index contributed by atoms with van der Waals surface area (Å²) in [6.45, 7) is 6.19. The minimum atomic E-state index is -0.494. The molecule has 0 aliphatic rings. The number of hydrogen-bond donors (Lipinski definition) is 0. The Morgan fingerprint density at radius 3 is 2.43 bits per heavy atom. The molecule has 0 saturated heterocycles. The maximum atomic E-state index is 13.5. The predicted molar refractivity (Wildman–Crippen MR) is 84.6 cm³/mol. The molecule has 110 valence electrons. The summed E-state index contributed by atoms with van der Waals surface area (Å²) in [6, 6.07) is 12.1. The number of hydrogen-bond acceptors (Lipinski definition) is 1. The van der Waals surface area contributed by atoms with Crippen LogP contribution in [0.1, 0.15) is 42.3 Å². The van der Waals surface area contributed by atoms with Gasteiger partial charge in [-0.05, 0) is 22.6 Å².